The second-order valence-corrected chi connectivity index (χ2v) is 5.22. The van der Waals surface area contributed by atoms with Gasteiger partial charge in [0.25, 0.3) is 0 Å². The predicted molar refractivity (Wildman–Crippen MR) is 72.5 cm³/mol. The molecule has 1 saturated carbocycles. The number of nitrogens with two attached hydrogens (primary N) is 1. The summed E-state index contributed by atoms with van der Waals surface area (Å²) < 4.78 is 4.84. The van der Waals surface area contributed by atoms with Crippen LogP contribution in [0, 0.1) is 0 Å². The van der Waals surface area contributed by atoms with Crippen LogP contribution in [-0.2, 0) is 14.3 Å². The van der Waals surface area contributed by atoms with E-state index in [9.17, 15) is 9.59 Å². The van der Waals surface area contributed by atoms with Crippen LogP contribution in [0.15, 0.2) is 0 Å². The van der Waals surface area contributed by atoms with Crippen molar-refractivity contribution in [3.63, 3.8) is 0 Å². The lowest BCUT2D eigenvalue weighted by atomic mass is 9.81. The van der Waals surface area contributed by atoms with Crippen LogP contribution in [0.4, 0.5) is 0 Å². The second kappa shape index (κ2) is 7.45. The normalized spacial score (nSPS) is 17.8. The van der Waals surface area contributed by atoms with Crippen LogP contribution >= 0.6 is 0 Å². The summed E-state index contributed by atoms with van der Waals surface area (Å²) in [5, 5.41) is 2.69. The molecule has 1 aliphatic rings. The molecule has 0 aromatic heterocycles. The highest BCUT2D eigenvalue weighted by molar-refractivity contribution is 5.90. The Kier molecular flexibility index (Phi) is 6.24. The first-order chi connectivity index (χ1) is 8.99. The minimum atomic E-state index is -0.778. The van der Waals surface area contributed by atoms with Gasteiger partial charge in [0.05, 0.1) is 18.7 Å². The first-order valence-electron chi connectivity index (χ1n) is 6.80. The number of ether oxygens (including phenoxy) is 1. The van der Waals surface area contributed by atoms with Crippen molar-refractivity contribution < 1.29 is 14.3 Å². The Morgan fingerprint density at radius 1 is 1.32 bits per heavy atom. The highest BCUT2D eigenvalue weighted by atomic mass is 16.5. The van der Waals surface area contributed by atoms with Crippen molar-refractivity contribution in [2.45, 2.75) is 37.6 Å². The number of carbonyl (C=O) groups excluding carboxylic acids is 2. The number of carbonyl (C=O) groups is 2. The molecule has 0 atom stereocenters. The maximum atomic E-state index is 12.3. The molecule has 0 aromatic carbocycles. The van der Waals surface area contributed by atoms with Gasteiger partial charge < -0.3 is 20.7 Å². The number of hydrogen-bond donors (Lipinski definition) is 2. The summed E-state index contributed by atoms with van der Waals surface area (Å²) in [5.41, 5.74) is 5.38. The topological polar surface area (TPSA) is 84.7 Å². The van der Waals surface area contributed by atoms with E-state index in [2.05, 4.69) is 5.32 Å². The molecule has 1 rings (SSSR count). The van der Waals surface area contributed by atoms with E-state index < -0.39 is 5.54 Å². The van der Waals surface area contributed by atoms with Crippen molar-refractivity contribution in [1.82, 2.24) is 10.2 Å². The van der Waals surface area contributed by atoms with E-state index in [1.165, 1.54) is 4.90 Å². The predicted octanol–water partition coefficient (Wildman–Crippen LogP) is -0.131. The van der Waals surface area contributed by atoms with Gasteiger partial charge in [-0.05, 0) is 12.8 Å². The molecule has 0 spiro atoms. The Labute approximate surface area is 114 Å². The summed E-state index contributed by atoms with van der Waals surface area (Å²) in [4.78, 5) is 25.3. The van der Waals surface area contributed by atoms with Gasteiger partial charge >= 0.3 is 0 Å². The second-order valence-electron chi connectivity index (χ2n) is 5.22. The molecule has 1 fully saturated rings. The number of likely N-dealkylation sites (N-methyl/N-ethyl adjacent to an activating group) is 1. The van der Waals surface area contributed by atoms with E-state index in [0.717, 1.165) is 19.3 Å². The third kappa shape index (κ3) is 4.80. The zero-order chi connectivity index (χ0) is 14.3. The standard InChI is InChI=1S/C13H25N3O3/c1-16(10-11(17)15-8-9-19-2)12(18)13(14)6-4-3-5-7-13/h3-10,14H2,1-2H3,(H,15,17). The van der Waals surface area contributed by atoms with Crippen molar-refractivity contribution in [3.05, 3.63) is 0 Å². The minimum Gasteiger partial charge on any atom is -0.383 e. The van der Waals surface area contributed by atoms with Crippen molar-refractivity contribution in [3.8, 4) is 0 Å². The highest BCUT2D eigenvalue weighted by Gasteiger charge is 2.37. The third-order valence-electron chi connectivity index (χ3n) is 3.53. The van der Waals surface area contributed by atoms with E-state index in [4.69, 9.17) is 10.5 Å². The van der Waals surface area contributed by atoms with Gasteiger partial charge in [-0.15, -0.1) is 0 Å². The molecule has 3 N–H and O–H groups in total. The van der Waals surface area contributed by atoms with Gasteiger partial charge in [-0.1, -0.05) is 19.3 Å². The maximum Gasteiger partial charge on any atom is 0.242 e. The third-order valence-corrected chi connectivity index (χ3v) is 3.53. The Balaban J connectivity index is 2.41. The molecular weight excluding hydrogens is 246 g/mol. The molecule has 6 nitrogen and oxygen atoms in total. The average molecular weight is 271 g/mol. The van der Waals surface area contributed by atoms with Crippen LogP contribution in [0.5, 0.6) is 0 Å². The van der Waals surface area contributed by atoms with E-state index in [0.29, 0.717) is 26.0 Å². The number of nitrogens with zero attached hydrogens (tertiary/aromatic N) is 1. The number of methoxy groups -OCH3 is 1. The zero-order valence-electron chi connectivity index (χ0n) is 11.9. The summed E-state index contributed by atoms with van der Waals surface area (Å²) in [6.07, 6.45) is 4.52. The molecule has 2 amide bonds. The van der Waals surface area contributed by atoms with Gasteiger partial charge in [0.2, 0.25) is 11.8 Å². The van der Waals surface area contributed by atoms with Crippen LogP contribution in [0.3, 0.4) is 0 Å². The quantitative estimate of drug-likeness (QED) is 0.659. The maximum absolute atomic E-state index is 12.3. The molecule has 1 aliphatic carbocycles. The molecule has 0 unspecified atom stereocenters. The first kappa shape index (κ1) is 15.9. The largest absolute Gasteiger partial charge is 0.383 e. The molecule has 0 radical (unpaired) electrons. The summed E-state index contributed by atoms with van der Waals surface area (Å²) in [5.74, 6) is -0.318. The van der Waals surface area contributed by atoms with Crippen molar-refractivity contribution >= 4 is 11.8 Å². The molecule has 0 bridgehead atoms. The van der Waals surface area contributed by atoms with Gasteiger partial charge in [0.1, 0.15) is 0 Å². The lowest BCUT2D eigenvalue weighted by Crippen LogP contribution is -2.56. The van der Waals surface area contributed by atoms with Gasteiger partial charge in [-0.25, -0.2) is 0 Å². The van der Waals surface area contributed by atoms with Gasteiger partial charge in [0, 0.05) is 20.7 Å². The highest BCUT2D eigenvalue weighted by Crippen LogP contribution is 2.27. The van der Waals surface area contributed by atoms with E-state index in [-0.39, 0.29) is 18.4 Å². The number of rotatable bonds is 6. The van der Waals surface area contributed by atoms with Crippen LogP contribution in [0.1, 0.15) is 32.1 Å². The summed E-state index contributed by atoms with van der Waals surface area (Å²) in [7, 11) is 3.20. The Hall–Kier alpha value is -1.14. The minimum absolute atomic E-state index is 0.0432. The average Bonchev–Trinajstić information content (AvgIpc) is 2.39. The lowest BCUT2D eigenvalue weighted by Gasteiger charge is -2.35. The van der Waals surface area contributed by atoms with Crippen molar-refractivity contribution in [1.29, 1.82) is 0 Å². The fourth-order valence-corrected chi connectivity index (χ4v) is 2.41. The van der Waals surface area contributed by atoms with Crippen LogP contribution in [-0.4, -0.2) is 56.1 Å². The smallest absolute Gasteiger partial charge is 0.242 e. The molecular formula is C13H25N3O3. The fraction of sp³-hybridized carbons (Fsp3) is 0.846. The van der Waals surface area contributed by atoms with E-state index >= 15 is 0 Å². The molecule has 0 aromatic rings. The Morgan fingerprint density at radius 2 is 1.95 bits per heavy atom. The summed E-state index contributed by atoms with van der Waals surface area (Å²) in [6, 6.07) is 0. The zero-order valence-corrected chi connectivity index (χ0v) is 11.9. The van der Waals surface area contributed by atoms with Gasteiger partial charge in [0.15, 0.2) is 0 Å². The Bertz CT molecular complexity index is 314. The lowest BCUT2D eigenvalue weighted by molar-refractivity contribution is -0.140. The first-order valence-corrected chi connectivity index (χ1v) is 6.80. The molecule has 19 heavy (non-hydrogen) atoms. The van der Waals surface area contributed by atoms with Crippen LogP contribution in [0.2, 0.25) is 0 Å². The number of nitrogens with one attached hydrogen (secondary N) is 1. The Morgan fingerprint density at radius 3 is 2.53 bits per heavy atom. The SMILES string of the molecule is COCCNC(=O)CN(C)C(=O)C1(N)CCCCC1. The number of hydrogen-bond acceptors (Lipinski definition) is 4. The van der Waals surface area contributed by atoms with E-state index in [1.807, 2.05) is 0 Å². The van der Waals surface area contributed by atoms with Crippen molar-refractivity contribution in [2.75, 3.05) is 33.9 Å². The van der Waals surface area contributed by atoms with Crippen LogP contribution in [0.25, 0.3) is 0 Å². The summed E-state index contributed by atoms with van der Waals surface area (Å²) in [6.45, 7) is 0.955. The number of amides is 2. The fourth-order valence-electron chi connectivity index (χ4n) is 2.41. The summed E-state index contributed by atoms with van der Waals surface area (Å²) >= 11 is 0. The van der Waals surface area contributed by atoms with Crippen LogP contribution < -0.4 is 11.1 Å². The van der Waals surface area contributed by atoms with Gasteiger partial charge in [-0.3, -0.25) is 9.59 Å². The van der Waals surface area contributed by atoms with Crippen molar-refractivity contribution in [2.24, 2.45) is 5.73 Å². The van der Waals surface area contributed by atoms with E-state index in [1.54, 1.807) is 14.2 Å². The molecule has 0 saturated heterocycles. The molecule has 0 heterocycles. The molecule has 0 aliphatic heterocycles. The molecule has 6 heteroatoms. The monoisotopic (exact) mass is 271 g/mol. The van der Waals surface area contributed by atoms with Gasteiger partial charge in [-0.2, -0.15) is 0 Å². The molecule has 110 valence electrons.